The Kier molecular flexibility index (Phi) is 2.53. The molecule has 0 aromatic heterocycles. The van der Waals surface area contributed by atoms with Gasteiger partial charge in [0.05, 0.1) is 10.0 Å². The van der Waals surface area contributed by atoms with Crippen molar-refractivity contribution in [3.63, 3.8) is 0 Å². The predicted octanol–water partition coefficient (Wildman–Crippen LogP) is 3.04. The topological polar surface area (TPSA) is 29.1 Å². The van der Waals surface area contributed by atoms with Gasteiger partial charge in [-0.2, -0.15) is 0 Å². The molecule has 0 atom stereocenters. The van der Waals surface area contributed by atoms with Gasteiger partial charge < -0.3 is 5.32 Å². The van der Waals surface area contributed by atoms with E-state index in [9.17, 15) is 13.6 Å². The average Bonchev–Trinajstić information content (AvgIpc) is 2.18. The van der Waals surface area contributed by atoms with E-state index in [0.717, 1.165) is 0 Å². The van der Waals surface area contributed by atoms with Crippen LogP contribution in [0.4, 0.5) is 14.5 Å². The molecular formula is C11H10BrF2NO. The van der Waals surface area contributed by atoms with Gasteiger partial charge in [0.1, 0.15) is 11.6 Å². The Bertz CT molecular complexity index is 485. The summed E-state index contributed by atoms with van der Waals surface area (Å²) in [6.45, 7) is 3.38. The molecule has 16 heavy (non-hydrogen) atoms. The summed E-state index contributed by atoms with van der Waals surface area (Å²) in [4.78, 5) is 11.7. The van der Waals surface area contributed by atoms with E-state index >= 15 is 0 Å². The van der Waals surface area contributed by atoms with Gasteiger partial charge >= 0.3 is 0 Å². The quantitative estimate of drug-likeness (QED) is 0.744. The monoisotopic (exact) mass is 289 g/mol. The molecule has 1 aromatic rings. The van der Waals surface area contributed by atoms with Crippen molar-refractivity contribution >= 4 is 27.4 Å². The number of halogens is 3. The molecule has 5 heteroatoms. The average molecular weight is 290 g/mol. The number of nitrogens with one attached hydrogen (secondary N) is 1. The van der Waals surface area contributed by atoms with E-state index in [2.05, 4.69) is 21.2 Å². The minimum atomic E-state index is -0.778. The maximum absolute atomic E-state index is 13.7. The predicted molar refractivity (Wildman–Crippen MR) is 60.5 cm³/mol. The Labute approximate surface area is 100 Å². The van der Waals surface area contributed by atoms with E-state index in [4.69, 9.17) is 0 Å². The number of anilines is 1. The van der Waals surface area contributed by atoms with Crippen molar-refractivity contribution in [2.24, 2.45) is 0 Å². The van der Waals surface area contributed by atoms with Gasteiger partial charge in [-0.25, -0.2) is 8.78 Å². The highest BCUT2D eigenvalue weighted by Crippen LogP contribution is 2.35. The van der Waals surface area contributed by atoms with Crippen molar-refractivity contribution < 1.29 is 13.6 Å². The lowest BCUT2D eigenvalue weighted by Crippen LogP contribution is -2.45. The molecule has 1 N–H and O–H groups in total. The van der Waals surface area contributed by atoms with Crippen LogP contribution in [-0.2, 0) is 11.2 Å². The molecule has 0 saturated heterocycles. The summed E-state index contributed by atoms with van der Waals surface area (Å²) in [7, 11) is 0. The summed E-state index contributed by atoms with van der Waals surface area (Å²) >= 11 is 2.82. The van der Waals surface area contributed by atoms with Crippen LogP contribution in [0, 0.1) is 11.6 Å². The maximum Gasteiger partial charge on any atom is 0.162 e. The molecule has 86 valence electrons. The number of carbonyl (C=O) groups is 1. The molecule has 0 radical (unpaired) electrons. The standard InChI is InChI=1S/C11H10BrF2NO/c1-11(2)8(16)3-5-7(15-11)4-6(13)9(12)10(5)14/h4,15H,3H2,1-2H3. The van der Waals surface area contributed by atoms with Gasteiger partial charge in [-0.15, -0.1) is 0 Å². The SMILES string of the molecule is CC1(C)Nc2cc(F)c(Br)c(F)c2CC1=O. The largest absolute Gasteiger partial charge is 0.373 e. The lowest BCUT2D eigenvalue weighted by Gasteiger charge is -2.32. The summed E-state index contributed by atoms with van der Waals surface area (Å²) in [5, 5.41) is 2.84. The van der Waals surface area contributed by atoms with Crippen LogP contribution in [0.3, 0.4) is 0 Å². The van der Waals surface area contributed by atoms with Gasteiger partial charge in [0.2, 0.25) is 0 Å². The van der Waals surface area contributed by atoms with Gasteiger partial charge in [-0.3, -0.25) is 4.79 Å². The highest BCUT2D eigenvalue weighted by Gasteiger charge is 2.35. The smallest absolute Gasteiger partial charge is 0.162 e. The molecule has 2 nitrogen and oxygen atoms in total. The molecule has 0 aliphatic carbocycles. The summed E-state index contributed by atoms with van der Waals surface area (Å²) in [6, 6.07) is 1.21. The van der Waals surface area contributed by atoms with Gasteiger partial charge in [0, 0.05) is 17.7 Å². The lowest BCUT2D eigenvalue weighted by atomic mass is 9.88. The summed E-state index contributed by atoms with van der Waals surface area (Å²) in [5.74, 6) is -1.49. The number of hydrogen-bond acceptors (Lipinski definition) is 2. The number of hydrogen-bond donors (Lipinski definition) is 1. The maximum atomic E-state index is 13.7. The van der Waals surface area contributed by atoms with Crippen LogP contribution in [-0.4, -0.2) is 11.3 Å². The van der Waals surface area contributed by atoms with Crippen molar-refractivity contribution in [1.82, 2.24) is 0 Å². The number of rotatable bonds is 0. The summed E-state index contributed by atoms with van der Waals surface area (Å²) in [5.41, 5.74) is -0.208. The van der Waals surface area contributed by atoms with Crippen LogP contribution < -0.4 is 5.32 Å². The number of fused-ring (bicyclic) bond motifs is 1. The van der Waals surface area contributed by atoms with Gasteiger partial charge in [0.25, 0.3) is 0 Å². The molecule has 1 aliphatic heterocycles. The molecule has 1 aromatic carbocycles. The third kappa shape index (κ3) is 1.63. The number of ketones is 1. The fourth-order valence-corrected chi connectivity index (χ4v) is 2.06. The second-order valence-corrected chi connectivity index (χ2v) is 5.16. The zero-order valence-corrected chi connectivity index (χ0v) is 10.4. The van der Waals surface area contributed by atoms with Crippen LogP contribution in [0.2, 0.25) is 0 Å². The van der Waals surface area contributed by atoms with Crippen molar-refractivity contribution in [3.05, 3.63) is 27.7 Å². The zero-order chi connectivity index (χ0) is 12.1. The van der Waals surface area contributed by atoms with Crippen LogP contribution in [0.15, 0.2) is 10.5 Å². The van der Waals surface area contributed by atoms with Gasteiger partial charge in [0.15, 0.2) is 5.78 Å². The Balaban J connectivity index is 2.61. The molecule has 0 bridgehead atoms. The van der Waals surface area contributed by atoms with Gasteiger partial charge in [-0.05, 0) is 35.8 Å². The first-order valence-corrected chi connectivity index (χ1v) is 5.60. The molecule has 1 heterocycles. The second kappa shape index (κ2) is 3.52. The van der Waals surface area contributed by atoms with E-state index in [0.29, 0.717) is 5.69 Å². The van der Waals surface area contributed by atoms with E-state index in [1.165, 1.54) is 6.07 Å². The normalized spacial score (nSPS) is 17.9. The third-order valence-corrected chi connectivity index (χ3v) is 3.47. The molecule has 0 fully saturated rings. The number of carbonyl (C=O) groups excluding carboxylic acids is 1. The van der Waals surface area contributed by atoms with Crippen LogP contribution in [0.1, 0.15) is 19.4 Å². The zero-order valence-electron chi connectivity index (χ0n) is 8.83. The van der Waals surface area contributed by atoms with Crippen LogP contribution in [0.5, 0.6) is 0 Å². The Morgan fingerprint density at radius 3 is 2.69 bits per heavy atom. The van der Waals surface area contributed by atoms with Crippen molar-refractivity contribution in [1.29, 1.82) is 0 Å². The Hall–Kier alpha value is -0.970. The van der Waals surface area contributed by atoms with Crippen molar-refractivity contribution in [2.45, 2.75) is 25.8 Å². The second-order valence-electron chi connectivity index (χ2n) is 4.36. The fourth-order valence-electron chi connectivity index (χ4n) is 1.71. The first-order chi connectivity index (χ1) is 7.33. The van der Waals surface area contributed by atoms with E-state index in [1.54, 1.807) is 13.8 Å². The number of Topliss-reactive ketones (excluding diaryl/α,β-unsaturated/α-hetero) is 1. The van der Waals surface area contributed by atoms with E-state index in [-0.39, 0.29) is 22.2 Å². The highest BCUT2D eigenvalue weighted by atomic mass is 79.9. The third-order valence-electron chi connectivity index (χ3n) is 2.75. The highest BCUT2D eigenvalue weighted by molar-refractivity contribution is 9.10. The summed E-state index contributed by atoms with van der Waals surface area (Å²) < 4.78 is 26.8. The van der Waals surface area contributed by atoms with E-state index < -0.39 is 17.2 Å². The molecule has 1 aliphatic rings. The minimum absolute atomic E-state index is 0.0138. The Morgan fingerprint density at radius 1 is 1.44 bits per heavy atom. The Morgan fingerprint density at radius 2 is 2.06 bits per heavy atom. The lowest BCUT2D eigenvalue weighted by molar-refractivity contribution is -0.122. The summed E-state index contributed by atoms with van der Waals surface area (Å²) in [6.07, 6.45) is -0.0138. The first kappa shape index (κ1) is 11.5. The molecule has 0 spiro atoms. The molecular weight excluding hydrogens is 280 g/mol. The molecule has 0 amide bonds. The van der Waals surface area contributed by atoms with E-state index in [1.807, 2.05) is 0 Å². The molecule has 2 rings (SSSR count). The first-order valence-electron chi connectivity index (χ1n) is 4.81. The minimum Gasteiger partial charge on any atom is -0.373 e. The van der Waals surface area contributed by atoms with Crippen LogP contribution in [0.25, 0.3) is 0 Å². The molecule has 0 unspecified atom stereocenters. The van der Waals surface area contributed by atoms with Crippen molar-refractivity contribution in [2.75, 3.05) is 5.32 Å². The van der Waals surface area contributed by atoms with Gasteiger partial charge in [-0.1, -0.05) is 0 Å². The fraction of sp³-hybridized carbons (Fsp3) is 0.364. The van der Waals surface area contributed by atoms with Crippen LogP contribution >= 0.6 is 15.9 Å². The van der Waals surface area contributed by atoms with Crippen molar-refractivity contribution in [3.8, 4) is 0 Å². The molecule has 0 saturated carbocycles. The number of benzene rings is 1.